The van der Waals surface area contributed by atoms with Crippen LogP contribution in [-0.2, 0) is 9.59 Å². The fourth-order valence-electron chi connectivity index (χ4n) is 4.36. The molecule has 152 valence electrons. The standard InChI is InChI=1S/C22H34O5/c23-17(14-16-8-4-3-5-9-16)12-13-19-18(20(24)15-21(19)25)10-6-1-2-7-11-22(26)27/h1,6,12-13,16-19,21,23,25H,2-5,7-11,14-15H2,(H,26,27)/b6-1-,13-12+/t17-,18-,19+,21-/m0/s1. The maximum Gasteiger partial charge on any atom is 0.303 e. The Bertz CT molecular complexity index is 533. The summed E-state index contributed by atoms with van der Waals surface area (Å²) in [4.78, 5) is 22.7. The van der Waals surface area contributed by atoms with Crippen molar-refractivity contribution in [2.24, 2.45) is 17.8 Å². The van der Waals surface area contributed by atoms with E-state index in [4.69, 9.17) is 5.11 Å². The van der Waals surface area contributed by atoms with Crippen LogP contribution < -0.4 is 0 Å². The molecule has 27 heavy (non-hydrogen) atoms. The van der Waals surface area contributed by atoms with Crippen molar-refractivity contribution in [2.75, 3.05) is 0 Å². The van der Waals surface area contributed by atoms with Gasteiger partial charge in [0.05, 0.1) is 12.2 Å². The first kappa shape index (κ1) is 21.8. The lowest BCUT2D eigenvalue weighted by Gasteiger charge is -2.23. The van der Waals surface area contributed by atoms with Gasteiger partial charge in [-0.25, -0.2) is 0 Å². The number of carbonyl (C=O) groups is 2. The van der Waals surface area contributed by atoms with Crippen LogP contribution in [0.4, 0.5) is 0 Å². The van der Waals surface area contributed by atoms with Crippen molar-refractivity contribution < 1.29 is 24.9 Å². The summed E-state index contributed by atoms with van der Waals surface area (Å²) in [7, 11) is 0. The Hall–Kier alpha value is -1.46. The van der Waals surface area contributed by atoms with Crippen molar-refractivity contribution in [3.8, 4) is 0 Å². The average molecular weight is 379 g/mol. The molecule has 0 radical (unpaired) electrons. The second kappa shape index (κ2) is 11.4. The lowest BCUT2D eigenvalue weighted by atomic mass is 9.85. The third kappa shape index (κ3) is 7.59. The van der Waals surface area contributed by atoms with Crippen LogP contribution in [0.3, 0.4) is 0 Å². The summed E-state index contributed by atoms with van der Waals surface area (Å²) < 4.78 is 0. The molecule has 0 aromatic heterocycles. The molecule has 0 aromatic carbocycles. The molecule has 2 rings (SSSR count). The number of allylic oxidation sites excluding steroid dienone is 2. The molecule has 0 bridgehead atoms. The van der Waals surface area contributed by atoms with Crippen molar-refractivity contribution in [1.29, 1.82) is 0 Å². The quantitative estimate of drug-likeness (QED) is 0.398. The number of unbranched alkanes of at least 4 members (excludes halogenated alkanes) is 1. The highest BCUT2D eigenvalue weighted by Gasteiger charge is 2.39. The van der Waals surface area contributed by atoms with Gasteiger partial charge in [0.25, 0.3) is 0 Å². The number of carboxylic acids is 1. The second-order valence-electron chi connectivity index (χ2n) is 8.11. The highest BCUT2D eigenvalue weighted by molar-refractivity contribution is 5.84. The molecule has 0 spiro atoms. The van der Waals surface area contributed by atoms with E-state index in [1.807, 2.05) is 18.2 Å². The summed E-state index contributed by atoms with van der Waals surface area (Å²) in [6.45, 7) is 0. The van der Waals surface area contributed by atoms with Crippen LogP contribution in [0.15, 0.2) is 24.3 Å². The number of aliphatic hydroxyl groups excluding tert-OH is 2. The number of hydrogen-bond acceptors (Lipinski definition) is 4. The third-order valence-corrected chi connectivity index (χ3v) is 5.91. The normalized spacial score (nSPS) is 28.4. The van der Waals surface area contributed by atoms with Gasteiger partial charge >= 0.3 is 5.97 Å². The molecule has 0 aliphatic heterocycles. The first-order chi connectivity index (χ1) is 13.0. The molecule has 0 amide bonds. The number of hydrogen-bond donors (Lipinski definition) is 3. The largest absolute Gasteiger partial charge is 0.481 e. The Kier molecular flexibility index (Phi) is 9.22. The van der Waals surface area contributed by atoms with Gasteiger partial charge in [-0.1, -0.05) is 56.4 Å². The summed E-state index contributed by atoms with van der Waals surface area (Å²) in [6.07, 6.45) is 15.3. The number of rotatable bonds is 10. The topological polar surface area (TPSA) is 94.8 Å². The second-order valence-corrected chi connectivity index (χ2v) is 8.11. The maximum atomic E-state index is 12.2. The fourth-order valence-corrected chi connectivity index (χ4v) is 4.36. The van der Waals surface area contributed by atoms with Crippen LogP contribution >= 0.6 is 0 Å². The number of aliphatic hydroxyl groups is 2. The minimum atomic E-state index is -0.797. The van der Waals surface area contributed by atoms with Crippen molar-refractivity contribution in [2.45, 2.75) is 82.8 Å². The first-order valence-corrected chi connectivity index (χ1v) is 10.4. The highest BCUT2D eigenvalue weighted by atomic mass is 16.4. The molecule has 3 N–H and O–H groups in total. The third-order valence-electron chi connectivity index (χ3n) is 5.91. The average Bonchev–Trinajstić information content (AvgIpc) is 2.89. The van der Waals surface area contributed by atoms with E-state index in [-0.39, 0.29) is 30.5 Å². The Morgan fingerprint density at radius 3 is 2.63 bits per heavy atom. The Balaban J connectivity index is 1.81. The molecule has 2 aliphatic carbocycles. The van der Waals surface area contributed by atoms with Crippen LogP contribution in [0.5, 0.6) is 0 Å². The molecule has 2 saturated carbocycles. The van der Waals surface area contributed by atoms with Gasteiger partial charge in [0, 0.05) is 24.7 Å². The summed E-state index contributed by atoms with van der Waals surface area (Å²) in [5.74, 6) is -0.655. The van der Waals surface area contributed by atoms with Gasteiger partial charge in [-0.3, -0.25) is 9.59 Å². The number of aliphatic carboxylic acids is 1. The molecule has 0 unspecified atom stereocenters. The number of carbonyl (C=O) groups excluding carboxylic acids is 1. The summed E-state index contributed by atoms with van der Waals surface area (Å²) >= 11 is 0. The van der Waals surface area contributed by atoms with Crippen LogP contribution in [-0.4, -0.2) is 39.3 Å². The van der Waals surface area contributed by atoms with Crippen molar-refractivity contribution in [3.05, 3.63) is 24.3 Å². The molecule has 4 atom stereocenters. The van der Waals surface area contributed by atoms with Gasteiger partial charge in [0.1, 0.15) is 5.78 Å². The van der Waals surface area contributed by atoms with E-state index >= 15 is 0 Å². The molecule has 5 nitrogen and oxygen atoms in total. The zero-order chi connectivity index (χ0) is 19.6. The van der Waals surface area contributed by atoms with E-state index < -0.39 is 18.2 Å². The number of Topliss-reactive ketones (excluding diaryl/α,β-unsaturated/α-hetero) is 1. The molecule has 0 saturated heterocycles. The molecule has 0 heterocycles. The molecule has 2 fully saturated rings. The molecule has 2 aliphatic rings. The van der Waals surface area contributed by atoms with E-state index in [2.05, 4.69) is 0 Å². The number of ketones is 1. The smallest absolute Gasteiger partial charge is 0.303 e. The van der Waals surface area contributed by atoms with E-state index in [0.717, 1.165) is 6.42 Å². The van der Waals surface area contributed by atoms with E-state index in [1.54, 1.807) is 6.08 Å². The molecular formula is C22H34O5. The Labute approximate surface area is 162 Å². The predicted octanol–water partition coefficient (Wildman–Crippen LogP) is 3.64. The van der Waals surface area contributed by atoms with E-state index in [0.29, 0.717) is 25.2 Å². The zero-order valence-corrected chi connectivity index (χ0v) is 16.1. The van der Waals surface area contributed by atoms with Gasteiger partial charge in [-0.15, -0.1) is 0 Å². The van der Waals surface area contributed by atoms with Crippen LogP contribution in [0.25, 0.3) is 0 Å². The van der Waals surface area contributed by atoms with Crippen molar-refractivity contribution in [1.82, 2.24) is 0 Å². The minimum absolute atomic E-state index is 0.0640. The van der Waals surface area contributed by atoms with Gasteiger partial charge in [0.2, 0.25) is 0 Å². The zero-order valence-electron chi connectivity index (χ0n) is 16.1. The minimum Gasteiger partial charge on any atom is -0.481 e. The molecule has 5 heteroatoms. The monoisotopic (exact) mass is 378 g/mol. The first-order valence-electron chi connectivity index (χ1n) is 10.4. The fraction of sp³-hybridized carbons (Fsp3) is 0.727. The van der Waals surface area contributed by atoms with Gasteiger partial charge in [-0.05, 0) is 31.6 Å². The summed E-state index contributed by atoms with van der Waals surface area (Å²) in [6, 6.07) is 0. The maximum absolute atomic E-state index is 12.2. The molecular weight excluding hydrogens is 344 g/mol. The van der Waals surface area contributed by atoms with Gasteiger partial charge in [-0.2, -0.15) is 0 Å². The summed E-state index contributed by atoms with van der Waals surface area (Å²) in [5, 5.41) is 29.1. The van der Waals surface area contributed by atoms with Crippen LogP contribution in [0, 0.1) is 17.8 Å². The lowest BCUT2D eigenvalue weighted by molar-refractivity contribution is -0.137. The van der Waals surface area contributed by atoms with Gasteiger partial charge < -0.3 is 15.3 Å². The van der Waals surface area contributed by atoms with E-state index in [1.165, 1.54) is 32.1 Å². The van der Waals surface area contributed by atoms with Crippen molar-refractivity contribution in [3.63, 3.8) is 0 Å². The lowest BCUT2D eigenvalue weighted by Crippen LogP contribution is -2.19. The van der Waals surface area contributed by atoms with E-state index in [9.17, 15) is 19.8 Å². The predicted molar refractivity (Wildman–Crippen MR) is 104 cm³/mol. The molecule has 0 aromatic rings. The Morgan fingerprint density at radius 2 is 1.93 bits per heavy atom. The highest BCUT2D eigenvalue weighted by Crippen LogP contribution is 2.34. The summed E-state index contributed by atoms with van der Waals surface area (Å²) in [5.41, 5.74) is 0. The SMILES string of the molecule is O=C(O)CCC/C=C\C[C@@H]1C(=O)C[C@H](O)[C@@H]1/C=C/[C@H](O)CC1CCCCC1. The van der Waals surface area contributed by atoms with Gasteiger partial charge in [0.15, 0.2) is 0 Å². The van der Waals surface area contributed by atoms with Crippen molar-refractivity contribution >= 4 is 11.8 Å². The number of carboxylic acid groups (broad SMARTS) is 1. The Morgan fingerprint density at radius 1 is 1.19 bits per heavy atom. The van der Waals surface area contributed by atoms with Crippen LogP contribution in [0.1, 0.15) is 70.6 Å². The van der Waals surface area contributed by atoms with Crippen LogP contribution in [0.2, 0.25) is 0 Å².